The Morgan fingerprint density at radius 1 is 1.24 bits per heavy atom. The van der Waals surface area contributed by atoms with Gasteiger partial charge in [-0.2, -0.15) is 0 Å². The van der Waals surface area contributed by atoms with Crippen LogP contribution in [0, 0.1) is 0 Å². The first-order valence-corrected chi connectivity index (χ1v) is 8.71. The average Bonchev–Trinajstić information content (AvgIpc) is 2.63. The standard InChI is InChI=1S/C19H25N3O3/c1-20-12-15(18(24)21(2)19(20)25)13-22(10-11-23)17-9-5-7-14-6-3-4-8-16(14)17/h3-4,6,8,12,17,23H,5,7,9-11,13H2,1-2H3. The molecule has 25 heavy (non-hydrogen) atoms. The van der Waals surface area contributed by atoms with Crippen molar-refractivity contribution in [3.63, 3.8) is 0 Å². The van der Waals surface area contributed by atoms with E-state index in [-0.39, 0.29) is 23.9 Å². The fourth-order valence-electron chi connectivity index (χ4n) is 3.79. The third-order valence-electron chi connectivity index (χ3n) is 5.06. The summed E-state index contributed by atoms with van der Waals surface area (Å²) in [6, 6.07) is 8.57. The molecule has 2 aromatic rings. The van der Waals surface area contributed by atoms with Crippen LogP contribution < -0.4 is 11.2 Å². The smallest absolute Gasteiger partial charge is 0.330 e. The quantitative estimate of drug-likeness (QED) is 0.878. The molecule has 1 aromatic heterocycles. The molecule has 0 fully saturated rings. The second-order valence-electron chi connectivity index (χ2n) is 6.71. The third kappa shape index (κ3) is 3.45. The zero-order chi connectivity index (χ0) is 18.0. The Labute approximate surface area is 147 Å². The van der Waals surface area contributed by atoms with Gasteiger partial charge >= 0.3 is 5.69 Å². The Balaban J connectivity index is 1.97. The van der Waals surface area contributed by atoms with E-state index in [9.17, 15) is 14.7 Å². The van der Waals surface area contributed by atoms with E-state index < -0.39 is 0 Å². The number of hydrogen-bond donors (Lipinski definition) is 1. The van der Waals surface area contributed by atoms with Crippen molar-refractivity contribution in [2.75, 3.05) is 13.2 Å². The second-order valence-corrected chi connectivity index (χ2v) is 6.71. The van der Waals surface area contributed by atoms with Crippen LogP contribution in [0.4, 0.5) is 0 Å². The molecule has 6 heteroatoms. The number of aliphatic hydroxyl groups excluding tert-OH is 1. The molecule has 0 amide bonds. The van der Waals surface area contributed by atoms with Crippen LogP contribution >= 0.6 is 0 Å². The summed E-state index contributed by atoms with van der Waals surface area (Å²) < 4.78 is 2.57. The van der Waals surface area contributed by atoms with Crippen LogP contribution in [0.15, 0.2) is 40.1 Å². The lowest BCUT2D eigenvalue weighted by molar-refractivity contribution is 0.130. The molecule has 0 spiro atoms. The van der Waals surface area contributed by atoms with E-state index in [1.807, 2.05) is 6.07 Å². The Morgan fingerprint density at radius 2 is 2.00 bits per heavy atom. The molecule has 3 rings (SSSR count). The van der Waals surface area contributed by atoms with Gasteiger partial charge in [0, 0.05) is 45.0 Å². The monoisotopic (exact) mass is 343 g/mol. The SMILES string of the molecule is Cn1cc(CN(CCO)C2CCCc3ccccc32)c(=O)n(C)c1=O. The molecular formula is C19H25N3O3. The van der Waals surface area contributed by atoms with Crippen LogP contribution in [0.2, 0.25) is 0 Å². The van der Waals surface area contributed by atoms with E-state index in [0.29, 0.717) is 18.7 Å². The maximum absolute atomic E-state index is 12.5. The first-order chi connectivity index (χ1) is 12.0. The van der Waals surface area contributed by atoms with E-state index in [0.717, 1.165) is 23.8 Å². The summed E-state index contributed by atoms with van der Waals surface area (Å²) >= 11 is 0. The number of nitrogens with zero attached hydrogens (tertiary/aromatic N) is 3. The fraction of sp³-hybridized carbons (Fsp3) is 0.474. The highest BCUT2D eigenvalue weighted by atomic mass is 16.3. The number of aliphatic hydroxyl groups is 1. The molecule has 134 valence electrons. The van der Waals surface area contributed by atoms with Crippen molar-refractivity contribution in [2.24, 2.45) is 14.1 Å². The summed E-state index contributed by atoms with van der Waals surface area (Å²) in [4.78, 5) is 26.5. The molecule has 1 heterocycles. The fourth-order valence-corrected chi connectivity index (χ4v) is 3.79. The highest BCUT2D eigenvalue weighted by Crippen LogP contribution is 2.34. The minimum absolute atomic E-state index is 0.0325. The number of aryl methyl sites for hydroxylation is 2. The van der Waals surface area contributed by atoms with Crippen molar-refractivity contribution in [3.05, 3.63) is 68.0 Å². The highest BCUT2D eigenvalue weighted by molar-refractivity contribution is 5.32. The van der Waals surface area contributed by atoms with Crippen molar-refractivity contribution < 1.29 is 5.11 Å². The van der Waals surface area contributed by atoms with Gasteiger partial charge in [-0.25, -0.2) is 4.79 Å². The Hall–Kier alpha value is -2.18. The summed E-state index contributed by atoms with van der Waals surface area (Å²) in [6.07, 6.45) is 4.78. The van der Waals surface area contributed by atoms with Gasteiger partial charge in [0.15, 0.2) is 0 Å². The lowest BCUT2D eigenvalue weighted by Gasteiger charge is -2.35. The summed E-state index contributed by atoms with van der Waals surface area (Å²) in [5.41, 5.74) is 2.60. The van der Waals surface area contributed by atoms with E-state index >= 15 is 0 Å². The van der Waals surface area contributed by atoms with Gasteiger partial charge in [0.05, 0.1) is 6.61 Å². The first kappa shape index (κ1) is 17.6. The molecule has 0 saturated heterocycles. The predicted octanol–water partition coefficient (Wildman–Crippen LogP) is 0.956. The van der Waals surface area contributed by atoms with Crippen molar-refractivity contribution >= 4 is 0 Å². The molecule has 1 unspecified atom stereocenters. The summed E-state index contributed by atoms with van der Waals surface area (Å²) in [6.45, 7) is 0.941. The van der Waals surface area contributed by atoms with Crippen LogP contribution in [-0.2, 0) is 27.1 Å². The maximum atomic E-state index is 12.5. The maximum Gasteiger partial charge on any atom is 0.330 e. The molecule has 1 atom stereocenters. The first-order valence-electron chi connectivity index (χ1n) is 8.71. The zero-order valence-electron chi connectivity index (χ0n) is 14.8. The molecule has 1 aliphatic carbocycles. The summed E-state index contributed by atoms with van der Waals surface area (Å²) in [7, 11) is 3.15. The molecule has 1 aliphatic rings. The lowest BCUT2D eigenvalue weighted by atomic mass is 9.86. The molecule has 0 radical (unpaired) electrons. The minimum atomic E-state index is -0.328. The van der Waals surface area contributed by atoms with Crippen molar-refractivity contribution in [3.8, 4) is 0 Å². The van der Waals surface area contributed by atoms with Gasteiger partial charge in [0.25, 0.3) is 5.56 Å². The normalized spacial score (nSPS) is 16.9. The molecule has 0 bridgehead atoms. The van der Waals surface area contributed by atoms with E-state index in [1.165, 1.54) is 22.7 Å². The van der Waals surface area contributed by atoms with Crippen molar-refractivity contribution in [1.82, 2.24) is 14.0 Å². The van der Waals surface area contributed by atoms with Gasteiger partial charge < -0.3 is 9.67 Å². The molecule has 1 aromatic carbocycles. The summed E-state index contributed by atoms with van der Waals surface area (Å²) in [5.74, 6) is 0. The molecular weight excluding hydrogens is 318 g/mol. The second kappa shape index (κ2) is 7.37. The topological polar surface area (TPSA) is 67.5 Å². The predicted molar refractivity (Wildman–Crippen MR) is 96.5 cm³/mol. The summed E-state index contributed by atoms with van der Waals surface area (Å²) in [5, 5.41) is 9.54. The number of rotatable bonds is 5. The largest absolute Gasteiger partial charge is 0.395 e. The molecule has 1 N–H and O–H groups in total. The third-order valence-corrected chi connectivity index (χ3v) is 5.06. The van der Waals surface area contributed by atoms with Gasteiger partial charge in [0.2, 0.25) is 0 Å². The number of hydrogen-bond acceptors (Lipinski definition) is 4. The van der Waals surface area contributed by atoms with Gasteiger partial charge in [-0.1, -0.05) is 24.3 Å². The van der Waals surface area contributed by atoms with E-state index in [2.05, 4.69) is 23.1 Å². The molecule has 0 aliphatic heterocycles. The highest BCUT2D eigenvalue weighted by Gasteiger charge is 2.26. The molecule has 6 nitrogen and oxygen atoms in total. The number of benzene rings is 1. The number of fused-ring (bicyclic) bond motifs is 1. The average molecular weight is 343 g/mol. The van der Waals surface area contributed by atoms with Crippen molar-refractivity contribution in [1.29, 1.82) is 0 Å². The van der Waals surface area contributed by atoms with E-state index in [1.54, 1.807) is 13.2 Å². The van der Waals surface area contributed by atoms with Gasteiger partial charge in [-0.15, -0.1) is 0 Å². The van der Waals surface area contributed by atoms with Gasteiger partial charge in [0.1, 0.15) is 0 Å². The lowest BCUT2D eigenvalue weighted by Crippen LogP contribution is -2.41. The van der Waals surface area contributed by atoms with E-state index in [4.69, 9.17) is 0 Å². The van der Waals surface area contributed by atoms with Crippen LogP contribution in [0.3, 0.4) is 0 Å². The van der Waals surface area contributed by atoms with Gasteiger partial charge in [-0.3, -0.25) is 14.3 Å². The Kier molecular flexibility index (Phi) is 5.20. The van der Waals surface area contributed by atoms with Crippen molar-refractivity contribution in [2.45, 2.75) is 31.8 Å². The van der Waals surface area contributed by atoms with Crippen LogP contribution in [0.1, 0.15) is 35.6 Å². The zero-order valence-corrected chi connectivity index (χ0v) is 14.8. The Morgan fingerprint density at radius 3 is 2.76 bits per heavy atom. The van der Waals surface area contributed by atoms with Crippen LogP contribution in [0.25, 0.3) is 0 Å². The Bertz CT molecular complexity index is 869. The molecule has 0 saturated carbocycles. The minimum Gasteiger partial charge on any atom is -0.395 e. The van der Waals surface area contributed by atoms with Crippen LogP contribution in [-0.4, -0.2) is 32.3 Å². The van der Waals surface area contributed by atoms with Gasteiger partial charge in [-0.05, 0) is 30.4 Å². The van der Waals surface area contributed by atoms with Crippen LogP contribution in [0.5, 0.6) is 0 Å². The number of aromatic nitrogens is 2.